The number of hydrogen-bond acceptors (Lipinski definition) is 7. The topological polar surface area (TPSA) is 55.8 Å². The molecule has 0 bridgehead atoms. The summed E-state index contributed by atoms with van der Waals surface area (Å²) in [5.41, 5.74) is 1.26. The van der Waals surface area contributed by atoms with Crippen LogP contribution in [0.15, 0.2) is 54.6 Å². The average molecular weight is 886 g/mol. The lowest BCUT2D eigenvalue weighted by Crippen LogP contribution is -2.31. The van der Waals surface area contributed by atoms with Crippen LogP contribution in [0, 0.1) is 0 Å². The summed E-state index contributed by atoms with van der Waals surface area (Å²) in [6.45, 7) is 7.48. The summed E-state index contributed by atoms with van der Waals surface area (Å²) >= 11 is 3.78. The summed E-state index contributed by atoms with van der Waals surface area (Å²) in [6.07, 6.45) is 48.5. The number of unbranched alkanes of at least 4 members (excludes halogenated alkanes) is 24. The van der Waals surface area contributed by atoms with E-state index in [1.807, 2.05) is 29.6 Å². The van der Waals surface area contributed by atoms with Crippen molar-refractivity contribution in [3.05, 3.63) is 60.2 Å². The lowest BCUT2D eigenvalue weighted by molar-refractivity contribution is -0.143. The van der Waals surface area contributed by atoms with Crippen LogP contribution in [0.2, 0.25) is 0 Å². The number of ether oxygens (including phenoxy) is 2. The van der Waals surface area contributed by atoms with Crippen LogP contribution in [0.5, 0.6) is 0 Å². The SMILES string of the molecule is CCCCCCCC/C=C/CCCCCCCCSCCOC(=O)CCN(CCC(=O)OCCSCCCCCCCC/C=C/CCCCCCCC)CCc1ccccc1. The molecule has 5 nitrogen and oxygen atoms in total. The van der Waals surface area contributed by atoms with Crippen molar-refractivity contribution in [2.24, 2.45) is 0 Å². The second-order valence-corrected chi connectivity index (χ2v) is 19.6. The van der Waals surface area contributed by atoms with Crippen molar-refractivity contribution in [1.29, 1.82) is 0 Å². The van der Waals surface area contributed by atoms with E-state index < -0.39 is 0 Å². The molecule has 0 spiro atoms. The highest BCUT2D eigenvalue weighted by molar-refractivity contribution is 7.99. The van der Waals surface area contributed by atoms with E-state index in [4.69, 9.17) is 9.47 Å². The predicted octanol–water partition coefficient (Wildman–Crippen LogP) is 15.9. The van der Waals surface area contributed by atoms with Gasteiger partial charge in [-0.15, -0.1) is 0 Å². The first-order chi connectivity index (χ1) is 30.2. The molecule has 0 aliphatic carbocycles. The Morgan fingerprint density at radius 2 is 0.820 bits per heavy atom. The van der Waals surface area contributed by atoms with Crippen molar-refractivity contribution >= 4 is 35.5 Å². The van der Waals surface area contributed by atoms with Gasteiger partial charge in [-0.1, -0.05) is 184 Å². The smallest absolute Gasteiger partial charge is 0.307 e. The highest BCUT2D eigenvalue weighted by atomic mass is 32.2. The molecule has 0 aliphatic heterocycles. The van der Waals surface area contributed by atoms with Crippen LogP contribution >= 0.6 is 23.5 Å². The van der Waals surface area contributed by atoms with E-state index in [0.29, 0.717) is 39.1 Å². The molecule has 0 aliphatic rings. The van der Waals surface area contributed by atoms with Crippen LogP contribution in [0.4, 0.5) is 0 Å². The number of esters is 2. The van der Waals surface area contributed by atoms with Gasteiger partial charge in [-0.3, -0.25) is 9.59 Å². The minimum Gasteiger partial charge on any atom is -0.465 e. The Bertz CT molecular complexity index is 1060. The van der Waals surface area contributed by atoms with Crippen molar-refractivity contribution in [2.45, 2.75) is 213 Å². The first-order valence-electron chi connectivity index (χ1n) is 25.7. The third kappa shape index (κ3) is 43.3. The molecule has 7 heteroatoms. The molecule has 1 aromatic rings. The Balaban J connectivity index is 2.04. The normalized spacial score (nSPS) is 11.7. The van der Waals surface area contributed by atoms with Crippen molar-refractivity contribution < 1.29 is 19.1 Å². The molecule has 1 rings (SSSR count). The summed E-state index contributed by atoms with van der Waals surface area (Å²) < 4.78 is 11.2. The van der Waals surface area contributed by atoms with E-state index in [0.717, 1.165) is 36.0 Å². The number of rotatable bonds is 47. The highest BCUT2D eigenvalue weighted by Crippen LogP contribution is 2.14. The van der Waals surface area contributed by atoms with Gasteiger partial charge in [0.1, 0.15) is 13.2 Å². The molecule has 0 N–H and O–H groups in total. The summed E-state index contributed by atoms with van der Waals surface area (Å²) in [5.74, 6) is 3.69. The van der Waals surface area contributed by atoms with E-state index in [2.05, 4.69) is 67.3 Å². The number of carbonyl (C=O) groups excluding carboxylic acids is 2. The standard InChI is InChI=1S/C54H95NO4S2/c1-3-5-7-9-11-13-15-17-19-21-23-25-27-29-31-36-48-60-50-46-58-53(56)41-44-55(43-40-52-38-34-33-35-39-52)45-42-54(57)59-47-51-61-49-37-32-30-28-26-24-22-20-18-16-14-12-10-8-6-4-2/h17-20,33-35,38-39H,3-16,21-32,36-37,40-51H2,1-2H3/b19-17+,20-18+. The van der Waals surface area contributed by atoms with E-state index in [1.165, 1.54) is 185 Å². The van der Waals surface area contributed by atoms with Gasteiger partial charge in [0.2, 0.25) is 0 Å². The number of hydrogen-bond donors (Lipinski definition) is 0. The van der Waals surface area contributed by atoms with Gasteiger partial charge in [0.15, 0.2) is 0 Å². The second kappa shape index (κ2) is 47.8. The summed E-state index contributed by atoms with van der Waals surface area (Å²) in [5, 5.41) is 0. The molecule has 0 saturated heterocycles. The van der Waals surface area contributed by atoms with Crippen LogP contribution in [0.25, 0.3) is 0 Å². The van der Waals surface area contributed by atoms with Gasteiger partial charge in [0, 0.05) is 31.1 Å². The van der Waals surface area contributed by atoms with E-state index >= 15 is 0 Å². The molecule has 61 heavy (non-hydrogen) atoms. The Morgan fingerprint density at radius 1 is 0.459 bits per heavy atom. The van der Waals surface area contributed by atoms with Crippen LogP contribution in [-0.4, -0.2) is 72.7 Å². The van der Waals surface area contributed by atoms with Gasteiger partial charge in [0.05, 0.1) is 12.8 Å². The number of thioether (sulfide) groups is 2. The molecule has 0 saturated carbocycles. The quantitative estimate of drug-likeness (QED) is 0.0367. The van der Waals surface area contributed by atoms with Gasteiger partial charge in [-0.05, 0) is 87.7 Å². The Morgan fingerprint density at radius 3 is 1.21 bits per heavy atom. The maximum absolute atomic E-state index is 12.6. The van der Waals surface area contributed by atoms with Gasteiger partial charge in [-0.25, -0.2) is 0 Å². The maximum Gasteiger partial charge on any atom is 0.307 e. The van der Waals surface area contributed by atoms with Crippen LogP contribution in [0.1, 0.15) is 212 Å². The third-order valence-corrected chi connectivity index (χ3v) is 13.5. The van der Waals surface area contributed by atoms with Crippen LogP contribution in [-0.2, 0) is 25.5 Å². The largest absolute Gasteiger partial charge is 0.465 e. The molecule has 0 aromatic heterocycles. The molecular formula is C54H95NO4S2. The first-order valence-corrected chi connectivity index (χ1v) is 28.0. The number of nitrogens with zero attached hydrogens (tertiary/aromatic N) is 1. The third-order valence-electron chi connectivity index (χ3n) is 11.4. The lowest BCUT2D eigenvalue weighted by Gasteiger charge is -2.21. The monoisotopic (exact) mass is 886 g/mol. The number of allylic oxidation sites excluding steroid dienone is 4. The van der Waals surface area contributed by atoms with E-state index in [1.54, 1.807) is 0 Å². The molecule has 0 unspecified atom stereocenters. The van der Waals surface area contributed by atoms with Crippen LogP contribution in [0.3, 0.4) is 0 Å². The zero-order valence-corrected chi connectivity index (χ0v) is 41.5. The molecule has 0 fully saturated rings. The fourth-order valence-corrected chi connectivity index (χ4v) is 9.07. The Kier molecular flexibility index (Phi) is 44.9. The summed E-state index contributed by atoms with van der Waals surface area (Å²) in [7, 11) is 0. The van der Waals surface area contributed by atoms with Gasteiger partial charge in [-0.2, -0.15) is 23.5 Å². The first kappa shape index (κ1) is 57.3. The molecular weight excluding hydrogens is 791 g/mol. The molecule has 0 radical (unpaired) electrons. The highest BCUT2D eigenvalue weighted by Gasteiger charge is 2.13. The van der Waals surface area contributed by atoms with Gasteiger partial charge >= 0.3 is 11.9 Å². The molecule has 352 valence electrons. The van der Waals surface area contributed by atoms with Gasteiger partial charge in [0.25, 0.3) is 0 Å². The minimum atomic E-state index is -0.149. The van der Waals surface area contributed by atoms with Gasteiger partial charge < -0.3 is 14.4 Å². The summed E-state index contributed by atoms with van der Waals surface area (Å²) in [4.78, 5) is 27.4. The number of benzene rings is 1. The van der Waals surface area contributed by atoms with Crippen molar-refractivity contribution in [2.75, 3.05) is 55.9 Å². The molecule has 0 atom stereocenters. The Hall–Kier alpha value is -1.70. The van der Waals surface area contributed by atoms with E-state index in [-0.39, 0.29) is 11.9 Å². The molecule has 1 aromatic carbocycles. The fraction of sp³-hybridized carbons (Fsp3) is 0.778. The maximum atomic E-state index is 12.6. The minimum absolute atomic E-state index is 0.149. The second-order valence-electron chi connectivity index (χ2n) is 17.1. The van der Waals surface area contributed by atoms with Crippen molar-refractivity contribution in [3.63, 3.8) is 0 Å². The van der Waals surface area contributed by atoms with Crippen molar-refractivity contribution in [3.8, 4) is 0 Å². The number of carbonyl (C=O) groups is 2. The predicted molar refractivity (Wildman–Crippen MR) is 271 cm³/mol. The fourth-order valence-electron chi connectivity index (χ4n) is 7.45. The van der Waals surface area contributed by atoms with E-state index in [9.17, 15) is 9.59 Å². The zero-order chi connectivity index (χ0) is 43.8. The average Bonchev–Trinajstić information content (AvgIpc) is 3.27. The Labute approximate surface area is 386 Å². The lowest BCUT2D eigenvalue weighted by atomic mass is 10.1. The van der Waals surface area contributed by atoms with Crippen molar-refractivity contribution in [1.82, 2.24) is 4.90 Å². The zero-order valence-electron chi connectivity index (χ0n) is 39.9. The molecule has 0 heterocycles. The summed E-state index contributed by atoms with van der Waals surface area (Å²) in [6, 6.07) is 10.4. The van der Waals surface area contributed by atoms with Crippen LogP contribution < -0.4 is 0 Å². The molecule has 0 amide bonds.